The highest BCUT2D eigenvalue weighted by Gasteiger charge is 2.14. The Hall–Kier alpha value is -3.01. The minimum absolute atomic E-state index is 0.224. The number of morpholine rings is 1. The zero-order chi connectivity index (χ0) is 24.8. The van der Waals surface area contributed by atoms with Crippen LogP contribution in [-0.4, -0.2) is 55.4 Å². The average Bonchev–Trinajstić information content (AvgIpc) is 3.25. The van der Waals surface area contributed by atoms with Crippen molar-refractivity contribution in [2.45, 2.75) is 26.9 Å². The van der Waals surface area contributed by atoms with Crippen LogP contribution >= 0.6 is 11.3 Å². The number of halogens is 1. The zero-order valence-electron chi connectivity index (χ0n) is 20.4. The van der Waals surface area contributed by atoms with Crippen molar-refractivity contribution < 1.29 is 13.9 Å². The molecule has 0 bridgehead atoms. The zero-order valence-corrected chi connectivity index (χ0v) is 21.3. The number of hydrogen-bond donors (Lipinski definition) is 2. The number of amides is 2. The van der Waals surface area contributed by atoms with Crippen LogP contribution in [0.25, 0.3) is 11.3 Å². The van der Waals surface area contributed by atoms with Gasteiger partial charge in [0.2, 0.25) is 0 Å². The second-order valence-corrected chi connectivity index (χ2v) is 9.47. The van der Waals surface area contributed by atoms with E-state index in [0.717, 1.165) is 48.9 Å². The summed E-state index contributed by atoms with van der Waals surface area (Å²) in [6.07, 6.45) is 0. The lowest BCUT2D eigenvalue weighted by molar-refractivity contribution is 0.0341. The number of ether oxygens (including phenoxy) is 1. The Morgan fingerprint density at radius 2 is 1.94 bits per heavy atom. The fourth-order valence-corrected chi connectivity index (χ4v) is 5.03. The molecule has 1 saturated heterocycles. The van der Waals surface area contributed by atoms with E-state index >= 15 is 0 Å². The number of benzene rings is 2. The largest absolute Gasteiger partial charge is 0.379 e. The molecule has 1 fully saturated rings. The van der Waals surface area contributed by atoms with E-state index < -0.39 is 0 Å². The molecule has 2 heterocycles. The summed E-state index contributed by atoms with van der Waals surface area (Å²) in [6.45, 7) is 9.29. The second kappa shape index (κ2) is 11.6. The van der Waals surface area contributed by atoms with Gasteiger partial charge in [0, 0.05) is 45.2 Å². The first-order valence-corrected chi connectivity index (χ1v) is 12.7. The highest BCUT2D eigenvalue weighted by molar-refractivity contribution is 7.07. The number of nitrogens with one attached hydrogen (secondary N) is 2. The third-order valence-electron chi connectivity index (χ3n) is 6.15. The summed E-state index contributed by atoms with van der Waals surface area (Å²) in [6, 6.07) is 11.2. The molecule has 1 aliphatic rings. The molecule has 35 heavy (non-hydrogen) atoms. The number of aryl methyl sites for hydroxylation is 2. The number of carbonyl (C=O) groups excluding carboxylic acids is 1. The van der Waals surface area contributed by atoms with Crippen molar-refractivity contribution in [3.8, 4) is 11.3 Å². The molecule has 0 radical (unpaired) electrons. The number of urea groups is 1. The topological polar surface area (TPSA) is 70.9 Å². The van der Waals surface area contributed by atoms with Crippen molar-refractivity contribution in [3.63, 3.8) is 0 Å². The number of thiazole rings is 1. The summed E-state index contributed by atoms with van der Waals surface area (Å²) in [5, 5.41) is 7.52. The predicted molar refractivity (Wildman–Crippen MR) is 137 cm³/mol. The molecule has 1 aliphatic heterocycles. The van der Waals surface area contributed by atoms with Gasteiger partial charge in [0.25, 0.3) is 0 Å². The van der Waals surface area contributed by atoms with E-state index in [1.54, 1.807) is 26.1 Å². The van der Waals surface area contributed by atoms with Gasteiger partial charge in [-0.15, -0.1) is 11.3 Å². The summed E-state index contributed by atoms with van der Waals surface area (Å²) in [5.41, 5.74) is 5.94. The van der Waals surface area contributed by atoms with Crippen LogP contribution in [0.3, 0.4) is 0 Å². The molecule has 0 spiro atoms. The maximum absolute atomic E-state index is 13.7. The molecule has 0 atom stereocenters. The van der Waals surface area contributed by atoms with Gasteiger partial charge in [0.05, 0.1) is 24.6 Å². The smallest absolute Gasteiger partial charge is 0.314 e. The van der Waals surface area contributed by atoms with Crippen molar-refractivity contribution in [3.05, 3.63) is 69.1 Å². The third kappa shape index (κ3) is 6.36. The highest BCUT2D eigenvalue weighted by Crippen LogP contribution is 2.25. The van der Waals surface area contributed by atoms with E-state index in [4.69, 9.17) is 9.73 Å². The fourth-order valence-electron chi connectivity index (χ4n) is 4.08. The summed E-state index contributed by atoms with van der Waals surface area (Å²) in [4.78, 5) is 19.7. The summed E-state index contributed by atoms with van der Waals surface area (Å²) < 4.78 is 21.3. The number of rotatable bonds is 7. The molecule has 3 aromatic rings. The molecular formula is C26H32FN5O2S. The van der Waals surface area contributed by atoms with Gasteiger partial charge >= 0.3 is 6.03 Å². The number of carbonyl (C=O) groups is 1. The van der Waals surface area contributed by atoms with Gasteiger partial charge in [-0.1, -0.05) is 12.1 Å². The normalized spacial score (nSPS) is 14.8. The first kappa shape index (κ1) is 25.1. The maximum atomic E-state index is 13.7. The van der Waals surface area contributed by atoms with Crippen LogP contribution in [0.4, 0.5) is 14.9 Å². The molecule has 1 aromatic heterocycles. The Balaban J connectivity index is 1.65. The third-order valence-corrected chi connectivity index (χ3v) is 7.01. The van der Waals surface area contributed by atoms with Gasteiger partial charge in [-0.2, -0.15) is 0 Å². The summed E-state index contributed by atoms with van der Waals surface area (Å²) in [7, 11) is 1.59. The Labute approximate surface area is 209 Å². The molecular weight excluding hydrogens is 465 g/mol. The van der Waals surface area contributed by atoms with E-state index in [-0.39, 0.29) is 11.8 Å². The monoisotopic (exact) mass is 497 g/mol. The number of nitrogens with zero attached hydrogens (tertiary/aromatic N) is 3. The molecule has 0 unspecified atom stereocenters. The van der Waals surface area contributed by atoms with Gasteiger partial charge in [0.1, 0.15) is 5.82 Å². The first-order valence-electron chi connectivity index (χ1n) is 11.8. The van der Waals surface area contributed by atoms with E-state index in [0.29, 0.717) is 24.3 Å². The van der Waals surface area contributed by atoms with Crippen LogP contribution in [-0.2, 0) is 17.8 Å². The Bertz CT molecular complexity index is 1250. The lowest BCUT2D eigenvalue weighted by atomic mass is 10.0. The Morgan fingerprint density at radius 3 is 2.66 bits per heavy atom. The molecule has 0 saturated carbocycles. The van der Waals surface area contributed by atoms with Gasteiger partial charge in [-0.25, -0.2) is 14.2 Å². The fraction of sp³-hybridized carbons (Fsp3) is 0.385. The van der Waals surface area contributed by atoms with Crippen molar-refractivity contribution in [1.29, 1.82) is 0 Å². The summed E-state index contributed by atoms with van der Waals surface area (Å²) in [5.74, 6) is -0.244. The predicted octanol–water partition coefficient (Wildman–Crippen LogP) is 3.97. The minimum atomic E-state index is -0.244. The van der Waals surface area contributed by atoms with Crippen LogP contribution in [0.5, 0.6) is 0 Å². The molecule has 7 nitrogen and oxygen atoms in total. The van der Waals surface area contributed by atoms with Crippen molar-refractivity contribution in [2.75, 3.05) is 39.9 Å². The molecule has 2 aromatic carbocycles. The van der Waals surface area contributed by atoms with E-state index in [2.05, 4.69) is 50.6 Å². The molecule has 2 N–H and O–H groups in total. The molecule has 2 amide bonds. The van der Waals surface area contributed by atoms with Crippen LogP contribution in [0, 0.1) is 19.7 Å². The highest BCUT2D eigenvalue weighted by atomic mass is 32.1. The van der Waals surface area contributed by atoms with Crippen LogP contribution in [0.2, 0.25) is 0 Å². The molecule has 9 heteroatoms. The Morgan fingerprint density at radius 1 is 1.14 bits per heavy atom. The van der Waals surface area contributed by atoms with Crippen LogP contribution in [0.15, 0.2) is 46.8 Å². The average molecular weight is 498 g/mol. The van der Waals surface area contributed by atoms with Gasteiger partial charge in [-0.05, 0) is 60.4 Å². The Kier molecular flexibility index (Phi) is 8.33. The number of aromatic nitrogens is 1. The van der Waals surface area contributed by atoms with E-state index in [9.17, 15) is 9.18 Å². The molecule has 4 rings (SSSR count). The number of hydrogen-bond acceptors (Lipinski definition) is 5. The first-order chi connectivity index (χ1) is 16.9. The standard InChI is InChI=1S/C26H32FN5O2S/c1-18-14-20(4-5-21(18)16-31-10-12-34-13-11-31)24-17-35-26(32(24)9-8-29-25(33)28-3)30-22-6-7-23(27)19(2)15-22/h4-7,14-15,17H,8-13,16H2,1-3H3,(H2,28,29,33). The van der Waals surface area contributed by atoms with E-state index in [1.807, 2.05) is 0 Å². The van der Waals surface area contributed by atoms with Gasteiger partial charge in [-0.3, -0.25) is 4.90 Å². The second-order valence-electron chi connectivity index (χ2n) is 8.64. The SMILES string of the molecule is CNC(=O)NCCn1c(-c2ccc(CN3CCOCC3)c(C)c2)csc1=Nc1ccc(F)c(C)c1. The van der Waals surface area contributed by atoms with Crippen molar-refractivity contribution >= 4 is 23.1 Å². The van der Waals surface area contributed by atoms with Crippen LogP contribution in [0.1, 0.15) is 16.7 Å². The lowest BCUT2D eigenvalue weighted by Gasteiger charge is -2.27. The van der Waals surface area contributed by atoms with Crippen LogP contribution < -0.4 is 15.4 Å². The van der Waals surface area contributed by atoms with E-state index in [1.165, 1.54) is 28.5 Å². The van der Waals surface area contributed by atoms with Crippen molar-refractivity contribution in [2.24, 2.45) is 4.99 Å². The van der Waals surface area contributed by atoms with Gasteiger partial charge in [0.15, 0.2) is 4.80 Å². The quantitative estimate of drug-likeness (QED) is 0.519. The molecule has 186 valence electrons. The minimum Gasteiger partial charge on any atom is -0.379 e. The summed E-state index contributed by atoms with van der Waals surface area (Å²) >= 11 is 1.53. The molecule has 0 aliphatic carbocycles. The van der Waals surface area contributed by atoms with Crippen molar-refractivity contribution in [1.82, 2.24) is 20.1 Å². The van der Waals surface area contributed by atoms with Gasteiger partial charge < -0.3 is 19.9 Å². The maximum Gasteiger partial charge on any atom is 0.314 e. The lowest BCUT2D eigenvalue weighted by Crippen LogP contribution is -2.36.